The van der Waals surface area contributed by atoms with Crippen molar-refractivity contribution in [2.24, 2.45) is 0 Å². The minimum absolute atomic E-state index is 0.0363. The van der Waals surface area contributed by atoms with Crippen LogP contribution in [-0.4, -0.2) is 62.7 Å². The molecule has 1 atom stereocenters. The van der Waals surface area contributed by atoms with Crippen LogP contribution in [0.3, 0.4) is 0 Å². The Morgan fingerprint density at radius 2 is 2.08 bits per heavy atom. The Morgan fingerprint density at radius 3 is 2.80 bits per heavy atom. The van der Waals surface area contributed by atoms with E-state index in [1.165, 1.54) is 4.90 Å². The van der Waals surface area contributed by atoms with Gasteiger partial charge in [0.1, 0.15) is 5.75 Å². The Labute approximate surface area is 147 Å². The van der Waals surface area contributed by atoms with Crippen molar-refractivity contribution in [2.45, 2.75) is 12.5 Å². The second-order valence-electron chi connectivity index (χ2n) is 6.15. The third-order valence-corrected chi connectivity index (χ3v) is 4.64. The molecule has 0 bridgehead atoms. The number of benzene rings is 1. The van der Waals surface area contributed by atoms with Crippen molar-refractivity contribution < 1.29 is 19.1 Å². The molecule has 0 aliphatic carbocycles. The van der Waals surface area contributed by atoms with Gasteiger partial charge in [0.15, 0.2) is 0 Å². The van der Waals surface area contributed by atoms with E-state index in [4.69, 9.17) is 9.47 Å². The van der Waals surface area contributed by atoms with Crippen molar-refractivity contribution in [3.8, 4) is 5.75 Å². The lowest BCUT2D eigenvalue weighted by Gasteiger charge is -2.31. The van der Waals surface area contributed by atoms with Crippen LogP contribution < -0.4 is 10.1 Å². The zero-order chi connectivity index (χ0) is 18.0. The van der Waals surface area contributed by atoms with Crippen LogP contribution >= 0.6 is 0 Å². The maximum atomic E-state index is 12.9. The number of carbonyl (C=O) groups excluding carboxylic acids is 2. The van der Waals surface area contributed by atoms with Crippen molar-refractivity contribution in [3.05, 3.63) is 41.1 Å². The highest BCUT2D eigenvalue weighted by Gasteiger charge is 2.42. The number of nitrogens with zero attached hydrogens (tertiary/aromatic N) is 2. The smallest absolute Gasteiger partial charge is 0.322 e. The van der Waals surface area contributed by atoms with Gasteiger partial charge in [0.2, 0.25) is 0 Å². The molecule has 2 heterocycles. The van der Waals surface area contributed by atoms with Crippen LogP contribution in [0.4, 0.5) is 4.79 Å². The van der Waals surface area contributed by atoms with Crippen molar-refractivity contribution in [3.63, 3.8) is 0 Å². The number of amides is 3. The van der Waals surface area contributed by atoms with Crippen molar-refractivity contribution in [2.75, 3.05) is 41.0 Å². The molecule has 0 aromatic heterocycles. The van der Waals surface area contributed by atoms with Crippen LogP contribution in [-0.2, 0) is 9.53 Å². The van der Waals surface area contributed by atoms with Crippen molar-refractivity contribution in [1.29, 1.82) is 0 Å². The Bertz CT molecular complexity index is 716. The van der Waals surface area contributed by atoms with E-state index in [0.29, 0.717) is 31.0 Å². The summed E-state index contributed by atoms with van der Waals surface area (Å²) in [5.74, 6) is 0.654. The fourth-order valence-electron chi connectivity index (χ4n) is 3.27. The molecule has 0 saturated heterocycles. The summed E-state index contributed by atoms with van der Waals surface area (Å²) in [4.78, 5) is 28.6. The largest absolute Gasteiger partial charge is 0.497 e. The predicted molar refractivity (Wildman–Crippen MR) is 92.1 cm³/mol. The van der Waals surface area contributed by atoms with Crippen LogP contribution in [0.25, 0.3) is 0 Å². The van der Waals surface area contributed by atoms with Gasteiger partial charge in [-0.05, 0) is 24.1 Å². The molecule has 2 aliphatic heterocycles. The molecule has 0 radical (unpaired) electrons. The number of rotatable bonds is 6. The molecule has 3 amide bonds. The average Bonchev–Trinajstić information content (AvgIpc) is 2.95. The van der Waals surface area contributed by atoms with Crippen LogP contribution in [0.15, 0.2) is 35.5 Å². The molecule has 3 rings (SSSR count). The monoisotopic (exact) mass is 345 g/mol. The molecule has 1 N–H and O–H groups in total. The summed E-state index contributed by atoms with van der Waals surface area (Å²) in [6.07, 6.45) is 0.762. The molecule has 7 nitrogen and oxygen atoms in total. The van der Waals surface area contributed by atoms with E-state index < -0.39 is 6.04 Å². The number of likely N-dealkylation sites (N-methyl/N-ethyl adjacent to an activating group) is 1. The Hall–Kier alpha value is -2.54. The predicted octanol–water partition coefficient (Wildman–Crippen LogP) is 1.52. The van der Waals surface area contributed by atoms with Gasteiger partial charge in [-0.3, -0.25) is 9.69 Å². The van der Waals surface area contributed by atoms with Crippen LogP contribution in [0.1, 0.15) is 18.0 Å². The first-order valence-electron chi connectivity index (χ1n) is 8.26. The standard InChI is InChI=1S/C18H23N3O4/c1-20-14-11-21(8-5-9-24-2)17(22)15(14)16(19-18(20)23)12-6-4-7-13(10-12)25-3/h4,6-7,10,16H,5,8-9,11H2,1-3H3,(H,19,23)/t16-/m1/s1. The van der Waals surface area contributed by atoms with Gasteiger partial charge in [-0.25, -0.2) is 4.79 Å². The Kier molecular flexibility index (Phi) is 4.94. The number of urea groups is 1. The molecule has 25 heavy (non-hydrogen) atoms. The zero-order valence-corrected chi connectivity index (χ0v) is 14.7. The molecule has 0 spiro atoms. The summed E-state index contributed by atoms with van der Waals surface area (Å²) < 4.78 is 10.3. The van der Waals surface area contributed by atoms with Gasteiger partial charge in [0.25, 0.3) is 5.91 Å². The van der Waals surface area contributed by atoms with Gasteiger partial charge in [-0.1, -0.05) is 12.1 Å². The van der Waals surface area contributed by atoms with E-state index in [1.54, 1.807) is 26.2 Å². The molecule has 134 valence electrons. The molecule has 0 fully saturated rings. The number of methoxy groups -OCH3 is 2. The normalized spacial score (nSPS) is 20.0. The summed E-state index contributed by atoms with van der Waals surface area (Å²) in [7, 11) is 4.93. The third-order valence-electron chi connectivity index (χ3n) is 4.64. The first-order valence-corrected chi connectivity index (χ1v) is 8.26. The number of ether oxygens (including phenoxy) is 2. The second kappa shape index (κ2) is 7.14. The zero-order valence-electron chi connectivity index (χ0n) is 14.7. The van der Waals surface area contributed by atoms with E-state index in [0.717, 1.165) is 17.7 Å². The van der Waals surface area contributed by atoms with E-state index in [-0.39, 0.29) is 11.9 Å². The molecular formula is C18H23N3O4. The highest BCUT2D eigenvalue weighted by atomic mass is 16.5. The molecule has 0 saturated carbocycles. The molecular weight excluding hydrogens is 322 g/mol. The maximum Gasteiger partial charge on any atom is 0.322 e. The van der Waals surface area contributed by atoms with Crippen LogP contribution in [0.5, 0.6) is 5.75 Å². The molecule has 2 aliphatic rings. The topological polar surface area (TPSA) is 71.1 Å². The maximum absolute atomic E-state index is 12.9. The fourth-order valence-corrected chi connectivity index (χ4v) is 3.27. The van der Waals surface area contributed by atoms with E-state index >= 15 is 0 Å². The lowest BCUT2D eigenvalue weighted by Crippen LogP contribution is -2.45. The first-order chi connectivity index (χ1) is 12.1. The van der Waals surface area contributed by atoms with Gasteiger partial charge < -0.3 is 19.7 Å². The third kappa shape index (κ3) is 3.19. The summed E-state index contributed by atoms with van der Waals surface area (Å²) in [5.41, 5.74) is 2.23. The van der Waals surface area contributed by atoms with Gasteiger partial charge in [0, 0.05) is 27.3 Å². The van der Waals surface area contributed by atoms with Crippen LogP contribution in [0.2, 0.25) is 0 Å². The Balaban J connectivity index is 1.91. The lowest BCUT2D eigenvalue weighted by atomic mass is 9.95. The van der Waals surface area contributed by atoms with Crippen molar-refractivity contribution in [1.82, 2.24) is 15.1 Å². The van der Waals surface area contributed by atoms with Gasteiger partial charge in [-0.2, -0.15) is 0 Å². The van der Waals surface area contributed by atoms with E-state index in [9.17, 15) is 9.59 Å². The number of carbonyl (C=O) groups is 2. The van der Waals surface area contributed by atoms with Gasteiger partial charge in [-0.15, -0.1) is 0 Å². The molecule has 0 unspecified atom stereocenters. The SMILES string of the molecule is COCCCN1CC2=C(C1=O)[C@@H](c1cccc(OC)c1)NC(=O)N2C. The van der Waals surface area contributed by atoms with Crippen LogP contribution in [0, 0.1) is 0 Å². The lowest BCUT2D eigenvalue weighted by molar-refractivity contribution is -0.125. The minimum Gasteiger partial charge on any atom is -0.497 e. The molecule has 1 aromatic rings. The summed E-state index contributed by atoms with van der Waals surface area (Å²) in [5, 5.41) is 2.92. The number of hydrogen-bond acceptors (Lipinski definition) is 4. The van der Waals surface area contributed by atoms with E-state index in [1.807, 2.05) is 24.3 Å². The molecule has 7 heteroatoms. The minimum atomic E-state index is -0.464. The summed E-state index contributed by atoms with van der Waals surface area (Å²) in [6.45, 7) is 1.65. The Morgan fingerprint density at radius 1 is 1.28 bits per heavy atom. The molecule has 1 aromatic carbocycles. The highest BCUT2D eigenvalue weighted by molar-refractivity contribution is 6.01. The second-order valence-corrected chi connectivity index (χ2v) is 6.15. The number of hydrogen-bond donors (Lipinski definition) is 1. The highest BCUT2D eigenvalue weighted by Crippen LogP contribution is 2.36. The van der Waals surface area contributed by atoms with Crippen molar-refractivity contribution >= 4 is 11.9 Å². The van der Waals surface area contributed by atoms with Gasteiger partial charge in [0.05, 0.1) is 31.0 Å². The van der Waals surface area contributed by atoms with E-state index in [2.05, 4.69) is 5.32 Å². The summed E-state index contributed by atoms with van der Waals surface area (Å²) in [6, 6.07) is 6.76. The number of nitrogens with one attached hydrogen (secondary N) is 1. The first kappa shape index (κ1) is 17.3. The average molecular weight is 345 g/mol. The van der Waals surface area contributed by atoms with Gasteiger partial charge >= 0.3 is 6.03 Å². The fraction of sp³-hybridized carbons (Fsp3) is 0.444. The quantitative estimate of drug-likeness (QED) is 0.794. The summed E-state index contributed by atoms with van der Waals surface area (Å²) >= 11 is 0.